The van der Waals surface area contributed by atoms with Crippen molar-refractivity contribution in [2.45, 2.75) is 13.8 Å². The average molecular weight is 269 g/mol. The first-order chi connectivity index (χ1) is 9.49. The van der Waals surface area contributed by atoms with Crippen LogP contribution >= 0.6 is 0 Å². The minimum atomic E-state index is -0.336. The number of hydrazine groups is 1. The van der Waals surface area contributed by atoms with Gasteiger partial charge >= 0.3 is 0 Å². The Bertz CT molecular complexity index is 618. The Morgan fingerprint density at radius 1 is 1.20 bits per heavy atom. The Morgan fingerprint density at radius 2 is 1.75 bits per heavy atom. The summed E-state index contributed by atoms with van der Waals surface area (Å²) in [6.45, 7) is 3.62. The van der Waals surface area contributed by atoms with Gasteiger partial charge in [0.15, 0.2) is 5.78 Å². The van der Waals surface area contributed by atoms with Gasteiger partial charge in [0.05, 0.1) is 0 Å². The molecule has 0 aromatic carbocycles. The van der Waals surface area contributed by atoms with Crippen LogP contribution in [0.25, 0.3) is 0 Å². The standard InChI is InChI=1S/C15H15N3O2/c1-10-7-13(19)8-11(2)14(10)9-18(16)15(20)12-3-5-17-6-4-12/h3-9H,16H2,1-2H3. The third-order valence-corrected chi connectivity index (χ3v) is 3.00. The summed E-state index contributed by atoms with van der Waals surface area (Å²) in [7, 11) is 0. The molecule has 0 fully saturated rings. The van der Waals surface area contributed by atoms with Crippen molar-refractivity contribution in [3.05, 3.63) is 65.2 Å². The molecule has 2 rings (SSSR count). The van der Waals surface area contributed by atoms with Crippen LogP contribution in [0, 0.1) is 0 Å². The first-order valence-electron chi connectivity index (χ1n) is 6.10. The number of hydrogen-bond acceptors (Lipinski definition) is 4. The molecule has 2 N–H and O–H groups in total. The van der Waals surface area contributed by atoms with Gasteiger partial charge in [-0.2, -0.15) is 0 Å². The SMILES string of the molecule is CC1=CC(=O)C=C(C)C1=CN(N)C(=O)c1ccncc1. The number of carbonyl (C=O) groups excluding carboxylic acids is 2. The number of ketones is 1. The normalized spacial score (nSPS) is 14.6. The molecule has 0 unspecified atom stereocenters. The van der Waals surface area contributed by atoms with Crippen molar-refractivity contribution in [2.75, 3.05) is 0 Å². The molecule has 0 radical (unpaired) electrons. The smallest absolute Gasteiger partial charge is 0.272 e. The van der Waals surface area contributed by atoms with Crippen molar-refractivity contribution in [2.24, 2.45) is 5.84 Å². The maximum atomic E-state index is 12.1. The number of carbonyl (C=O) groups is 2. The molecule has 0 spiro atoms. The predicted molar refractivity (Wildman–Crippen MR) is 75.2 cm³/mol. The van der Waals surface area contributed by atoms with E-state index in [1.165, 1.54) is 30.7 Å². The second-order valence-electron chi connectivity index (χ2n) is 4.55. The molecule has 102 valence electrons. The van der Waals surface area contributed by atoms with Gasteiger partial charge < -0.3 is 0 Å². The van der Waals surface area contributed by atoms with E-state index >= 15 is 0 Å². The van der Waals surface area contributed by atoms with E-state index in [0.29, 0.717) is 5.56 Å². The topological polar surface area (TPSA) is 76.3 Å². The maximum Gasteiger partial charge on any atom is 0.272 e. The monoisotopic (exact) mass is 269 g/mol. The van der Waals surface area contributed by atoms with E-state index in [0.717, 1.165) is 21.7 Å². The van der Waals surface area contributed by atoms with Crippen molar-refractivity contribution >= 4 is 11.7 Å². The number of nitrogens with zero attached hydrogens (tertiary/aromatic N) is 2. The van der Waals surface area contributed by atoms with Crippen LogP contribution in [-0.2, 0) is 4.79 Å². The van der Waals surface area contributed by atoms with Crippen molar-refractivity contribution in [3.63, 3.8) is 0 Å². The van der Waals surface area contributed by atoms with Crippen LogP contribution in [0.3, 0.4) is 0 Å². The highest BCUT2D eigenvalue weighted by atomic mass is 16.2. The molecule has 5 heteroatoms. The largest absolute Gasteiger partial charge is 0.290 e. The average Bonchev–Trinajstić information content (AvgIpc) is 2.42. The summed E-state index contributed by atoms with van der Waals surface area (Å²) in [5.74, 6) is 5.40. The molecule has 5 nitrogen and oxygen atoms in total. The molecule has 0 atom stereocenters. The van der Waals surface area contributed by atoms with E-state index in [9.17, 15) is 9.59 Å². The number of rotatable bonds is 2. The molecule has 1 aromatic rings. The predicted octanol–water partition coefficient (Wildman–Crippen LogP) is 1.76. The first kappa shape index (κ1) is 13.9. The Balaban J connectivity index is 2.27. The molecule has 1 heterocycles. The lowest BCUT2D eigenvalue weighted by Crippen LogP contribution is -2.33. The number of pyridine rings is 1. The highest BCUT2D eigenvalue weighted by Crippen LogP contribution is 2.23. The van der Waals surface area contributed by atoms with Crippen LogP contribution in [0.15, 0.2) is 59.6 Å². The summed E-state index contributed by atoms with van der Waals surface area (Å²) < 4.78 is 0. The van der Waals surface area contributed by atoms with Crippen molar-refractivity contribution in [1.29, 1.82) is 0 Å². The van der Waals surface area contributed by atoms with E-state index in [2.05, 4.69) is 4.98 Å². The molecule has 0 bridgehead atoms. The molecule has 1 aliphatic carbocycles. The Kier molecular flexibility index (Phi) is 3.91. The maximum absolute atomic E-state index is 12.1. The lowest BCUT2D eigenvalue weighted by molar-refractivity contribution is -0.110. The van der Waals surface area contributed by atoms with Crippen LogP contribution in [0.1, 0.15) is 24.2 Å². The van der Waals surface area contributed by atoms with Gasteiger partial charge in [-0.05, 0) is 54.9 Å². The van der Waals surface area contributed by atoms with Gasteiger partial charge in [-0.1, -0.05) is 0 Å². The van der Waals surface area contributed by atoms with E-state index in [1.54, 1.807) is 12.1 Å². The molecule has 0 aliphatic heterocycles. The highest BCUT2D eigenvalue weighted by Gasteiger charge is 2.15. The minimum Gasteiger partial charge on any atom is -0.290 e. The Morgan fingerprint density at radius 3 is 2.30 bits per heavy atom. The van der Waals surface area contributed by atoms with Crippen LogP contribution in [0.5, 0.6) is 0 Å². The summed E-state index contributed by atoms with van der Waals surface area (Å²) >= 11 is 0. The van der Waals surface area contributed by atoms with Gasteiger partial charge in [-0.3, -0.25) is 19.6 Å². The van der Waals surface area contributed by atoms with Gasteiger partial charge in [0.1, 0.15) is 0 Å². The van der Waals surface area contributed by atoms with Gasteiger partial charge in [-0.25, -0.2) is 5.84 Å². The number of hydrogen-bond donors (Lipinski definition) is 1. The van der Waals surface area contributed by atoms with Crippen molar-refractivity contribution in [1.82, 2.24) is 9.99 Å². The summed E-state index contributed by atoms with van der Waals surface area (Å²) in [6.07, 6.45) is 7.63. The van der Waals surface area contributed by atoms with Gasteiger partial charge in [-0.15, -0.1) is 0 Å². The Labute approximate surface area is 117 Å². The number of nitrogens with two attached hydrogens (primary N) is 1. The zero-order valence-electron chi connectivity index (χ0n) is 11.3. The van der Waals surface area contributed by atoms with Gasteiger partial charge in [0.25, 0.3) is 5.91 Å². The second kappa shape index (κ2) is 5.63. The van der Waals surface area contributed by atoms with E-state index in [4.69, 9.17) is 5.84 Å². The summed E-state index contributed by atoms with van der Waals surface area (Å²) in [5, 5.41) is 1.02. The zero-order chi connectivity index (χ0) is 14.7. The fourth-order valence-corrected chi connectivity index (χ4v) is 1.98. The molecule has 20 heavy (non-hydrogen) atoms. The number of allylic oxidation sites excluding steroid dienone is 5. The fraction of sp³-hybridized carbons (Fsp3) is 0.133. The zero-order valence-corrected chi connectivity index (χ0v) is 11.3. The Hall–Kier alpha value is -2.53. The van der Waals surface area contributed by atoms with Gasteiger partial charge in [0.2, 0.25) is 0 Å². The molecule has 1 amide bonds. The molecule has 0 saturated carbocycles. The van der Waals surface area contributed by atoms with E-state index in [1.807, 2.05) is 13.8 Å². The fourth-order valence-electron chi connectivity index (χ4n) is 1.98. The molecule has 1 aromatic heterocycles. The lowest BCUT2D eigenvalue weighted by Gasteiger charge is -2.18. The molecule has 1 aliphatic rings. The lowest BCUT2D eigenvalue weighted by atomic mass is 9.94. The highest BCUT2D eigenvalue weighted by molar-refractivity contribution is 6.03. The van der Waals surface area contributed by atoms with Crippen LogP contribution < -0.4 is 5.84 Å². The van der Waals surface area contributed by atoms with E-state index < -0.39 is 0 Å². The minimum absolute atomic E-state index is 0.0545. The third kappa shape index (κ3) is 2.89. The number of aromatic nitrogens is 1. The molecular weight excluding hydrogens is 254 g/mol. The summed E-state index contributed by atoms with van der Waals surface area (Å²) in [5.41, 5.74) is 2.80. The van der Waals surface area contributed by atoms with Crippen molar-refractivity contribution < 1.29 is 9.59 Å². The molecule has 0 saturated heterocycles. The quantitative estimate of drug-likeness (QED) is 0.504. The summed E-state index contributed by atoms with van der Waals surface area (Å²) in [6, 6.07) is 3.19. The molecular formula is C15H15N3O2. The first-order valence-corrected chi connectivity index (χ1v) is 6.10. The third-order valence-electron chi connectivity index (χ3n) is 3.00. The van der Waals surface area contributed by atoms with Crippen molar-refractivity contribution in [3.8, 4) is 0 Å². The van der Waals surface area contributed by atoms with Crippen LogP contribution in [0.4, 0.5) is 0 Å². The van der Waals surface area contributed by atoms with E-state index in [-0.39, 0.29) is 11.7 Å². The van der Waals surface area contributed by atoms with Crippen LogP contribution in [-0.4, -0.2) is 21.7 Å². The summed E-state index contributed by atoms with van der Waals surface area (Å²) in [4.78, 5) is 27.3. The van der Waals surface area contributed by atoms with Gasteiger partial charge in [0, 0.05) is 24.2 Å². The van der Waals surface area contributed by atoms with Crippen LogP contribution in [0.2, 0.25) is 0 Å². The second-order valence-corrected chi connectivity index (χ2v) is 4.55. The number of amides is 1.